The van der Waals surface area contributed by atoms with E-state index in [-0.39, 0.29) is 24.4 Å². The predicted octanol–water partition coefficient (Wildman–Crippen LogP) is 1.78. The van der Waals surface area contributed by atoms with Crippen LogP contribution in [0.4, 0.5) is 4.79 Å². The number of imide groups is 1. The molecule has 1 aliphatic heterocycles. The van der Waals surface area contributed by atoms with Gasteiger partial charge in [-0.2, -0.15) is 5.26 Å². The molecule has 1 N–H and O–H groups in total. The first kappa shape index (κ1) is 12.7. The molecule has 5 nitrogen and oxygen atoms in total. The monoisotopic (exact) mass is 269 g/mol. The summed E-state index contributed by atoms with van der Waals surface area (Å²) in [5.41, 5.74) is 0.672. The van der Waals surface area contributed by atoms with Gasteiger partial charge in [0.2, 0.25) is 0 Å². The Balaban J connectivity index is 1.78. The van der Waals surface area contributed by atoms with Crippen LogP contribution in [0.25, 0.3) is 0 Å². The van der Waals surface area contributed by atoms with E-state index < -0.39 is 5.54 Å². The van der Waals surface area contributed by atoms with Crippen molar-refractivity contribution in [2.45, 2.75) is 31.8 Å². The lowest BCUT2D eigenvalue weighted by Gasteiger charge is -2.21. The Labute approximate surface area is 117 Å². The van der Waals surface area contributed by atoms with Crippen molar-refractivity contribution in [3.8, 4) is 6.07 Å². The van der Waals surface area contributed by atoms with Gasteiger partial charge in [0.15, 0.2) is 0 Å². The molecule has 3 rings (SSSR count). The third-order valence-electron chi connectivity index (χ3n) is 4.12. The van der Waals surface area contributed by atoms with E-state index in [1.807, 2.05) is 13.0 Å². The van der Waals surface area contributed by atoms with E-state index in [9.17, 15) is 9.59 Å². The summed E-state index contributed by atoms with van der Waals surface area (Å²) in [6.45, 7) is 2.06. The number of rotatable bonds is 3. The number of hydrogen-bond acceptors (Lipinski definition) is 3. The van der Waals surface area contributed by atoms with Crippen LogP contribution in [0.3, 0.4) is 0 Å². The summed E-state index contributed by atoms with van der Waals surface area (Å²) >= 11 is 0. The summed E-state index contributed by atoms with van der Waals surface area (Å²) in [6, 6.07) is 8.63. The Bertz CT molecular complexity index is 613. The maximum Gasteiger partial charge on any atom is 0.325 e. The van der Waals surface area contributed by atoms with Gasteiger partial charge in [0, 0.05) is 0 Å². The van der Waals surface area contributed by atoms with Crippen LogP contribution in [0.15, 0.2) is 24.3 Å². The van der Waals surface area contributed by atoms with E-state index in [1.54, 1.807) is 24.3 Å². The van der Waals surface area contributed by atoms with E-state index >= 15 is 0 Å². The van der Waals surface area contributed by atoms with Gasteiger partial charge in [0.25, 0.3) is 5.91 Å². The molecule has 1 saturated heterocycles. The van der Waals surface area contributed by atoms with Gasteiger partial charge < -0.3 is 5.32 Å². The molecule has 0 aromatic heterocycles. The van der Waals surface area contributed by atoms with E-state index in [2.05, 4.69) is 5.32 Å². The number of nitrogens with one attached hydrogen (secondary N) is 1. The van der Waals surface area contributed by atoms with Crippen molar-refractivity contribution >= 4 is 11.9 Å². The second-order valence-electron chi connectivity index (χ2n) is 5.61. The fourth-order valence-corrected chi connectivity index (χ4v) is 2.66. The van der Waals surface area contributed by atoms with Gasteiger partial charge in [-0.05, 0) is 43.4 Å². The second-order valence-corrected chi connectivity index (χ2v) is 5.61. The van der Waals surface area contributed by atoms with Gasteiger partial charge >= 0.3 is 6.03 Å². The highest BCUT2D eigenvalue weighted by atomic mass is 16.2. The van der Waals surface area contributed by atoms with Crippen molar-refractivity contribution in [1.29, 1.82) is 5.26 Å². The molecular formula is C15H15N3O2. The van der Waals surface area contributed by atoms with Crippen molar-refractivity contribution in [2.75, 3.05) is 0 Å². The molecule has 5 heteroatoms. The quantitative estimate of drug-likeness (QED) is 0.850. The first-order valence-corrected chi connectivity index (χ1v) is 6.68. The average molecular weight is 269 g/mol. The summed E-state index contributed by atoms with van der Waals surface area (Å²) < 4.78 is 0. The molecule has 1 atom stereocenters. The van der Waals surface area contributed by atoms with Crippen LogP contribution in [-0.2, 0) is 11.3 Å². The van der Waals surface area contributed by atoms with Crippen molar-refractivity contribution in [3.05, 3.63) is 35.4 Å². The van der Waals surface area contributed by atoms with Crippen molar-refractivity contribution in [1.82, 2.24) is 10.2 Å². The molecule has 102 valence electrons. The molecule has 0 spiro atoms. The third kappa shape index (κ3) is 1.94. The lowest BCUT2D eigenvalue weighted by Crippen LogP contribution is -2.46. The number of amides is 3. The van der Waals surface area contributed by atoms with E-state index in [1.165, 1.54) is 4.90 Å². The van der Waals surface area contributed by atoms with E-state index in [4.69, 9.17) is 5.26 Å². The van der Waals surface area contributed by atoms with Crippen LogP contribution in [0.2, 0.25) is 0 Å². The van der Waals surface area contributed by atoms with Gasteiger partial charge in [0.1, 0.15) is 5.54 Å². The highest BCUT2D eigenvalue weighted by Crippen LogP contribution is 2.42. The number of nitrogens with zero attached hydrogens (tertiary/aromatic N) is 2. The zero-order chi connectivity index (χ0) is 14.3. The normalized spacial score (nSPS) is 25.5. The van der Waals surface area contributed by atoms with E-state index in [0.717, 1.165) is 18.4 Å². The summed E-state index contributed by atoms with van der Waals surface area (Å²) in [6.07, 6.45) is 1.99. The fraction of sp³-hybridized carbons (Fsp3) is 0.400. The van der Waals surface area contributed by atoms with Crippen LogP contribution < -0.4 is 5.32 Å². The molecule has 20 heavy (non-hydrogen) atoms. The van der Waals surface area contributed by atoms with Crippen LogP contribution in [-0.4, -0.2) is 22.4 Å². The minimum absolute atomic E-state index is 0.144. The van der Waals surface area contributed by atoms with Crippen LogP contribution in [0.5, 0.6) is 0 Å². The second kappa shape index (κ2) is 4.34. The van der Waals surface area contributed by atoms with Gasteiger partial charge in [0.05, 0.1) is 18.2 Å². The average Bonchev–Trinajstić information content (AvgIpc) is 3.26. The van der Waals surface area contributed by atoms with Crippen LogP contribution >= 0.6 is 0 Å². The zero-order valence-electron chi connectivity index (χ0n) is 11.2. The largest absolute Gasteiger partial charge is 0.325 e. The highest BCUT2D eigenvalue weighted by Gasteiger charge is 2.55. The standard InChI is InChI=1S/C15H15N3O2/c1-15(12-6-7-12)13(19)18(14(20)17-15)9-11-4-2-10(8-16)3-5-11/h2-5,12H,6-7,9H2,1H3,(H,17,20). The smallest absolute Gasteiger partial charge is 0.323 e. The maximum atomic E-state index is 12.4. The van der Waals surface area contributed by atoms with Crippen LogP contribution in [0, 0.1) is 17.2 Å². The molecule has 1 aromatic rings. The Morgan fingerprint density at radius 3 is 2.55 bits per heavy atom. The minimum Gasteiger partial charge on any atom is -0.323 e. The number of carbonyl (C=O) groups excluding carboxylic acids is 2. The van der Waals surface area contributed by atoms with Gasteiger partial charge in [-0.1, -0.05) is 12.1 Å². The Hall–Kier alpha value is -2.35. The molecule has 0 radical (unpaired) electrons. The molecule has 1 heterocycles. The van der Waals surface area contributed by atoms with Crippen molar-refractivity contribution < 1.29 is 9.59 Å². The number of benzene rings is 1. The fourth-order valence-electron chi connectivity index (χ4n) is 2.66. The summed E-state index contributed by atoms with van der Waals surface area (Å²) in [5, 5.41) is 11.6. The molecule has 2 fully saturated rings. The maximum absolute atomic E-state index is 12.4. The first-order valence-electron chi connectivity index (χ1n) is 6.68. The molecule has 1 unspecified atom stereocenters. The minimum atomic E-state index is -0.732. The SMILES string of the molecule is CC1(C2CC2)NC(=O)N(Cc2ccc(C#N)cc2)C1=O. The third-order valence-corrected chi connectivity index (χ3v) is 4.12. The molecule has 0 bridgehead atoms. The lowest BCUT2D eigenvalue weighted by molar-refractivity contribution is -0.131. The van der Waals surface area contributed by atoms with Gasteiger partial charge in [-0.15, -0.1) is 0 Å². The Kier molecular flexibility index (Phi) is 2.75. The van der Waals surface area contributed by atoms with Crippen molar-refractivity contribution in [2.24, 2.45) is 5.92 Å². The summed E-state index contributed by atoms with van der Waals surface area (Å²) in [7, 11) is 0. The Morgan fingerprint density at radius 1 is 1.35 bits per heavy atom. The molecule has 1 aromatic carbocycles. The molecule has 2 aliphatic rings. The number of nitriles is 1. The molecule has 3 amide bonds. The molecule has 1 aliphatic carbocycles. The lowest BCUT2D eigenvalue weighted by atomic mass is 9.96. The van der Waals surface area contributed by atoms with Gasteiger partial charge in [-0.25, -0.2) is 4.79 Å². The molecule has 1 saturated carbocycles. The first-order chi connectivity index (χ1) is 9.54. The Morgan fingerprint density at radius 2 is 2.00 bits per heavy atom. The highest BCUT2D eigenvalue weighted by molar-refractivity contribution is 6.07. The van der Waals surface area contributed by atoms with E-state index in [0.29, 0.717) is 5.56 Å². The number of carbonyl (C=O) groups is 2. The summed E-state index contributed by atoms with van der Waals surface area (Å²) in [5.74, 6) is 0.124. The summed E-state index contributed by atoms with van der Waals surface area (Å²) in [4.78, 5) is 25.7. The predicted molar refractivity (Wildman–Crippen MR) is 71.4 cm³/mol. The number of urea groups is 1. The van der Waals surface area contributed by atoms with Crippen molar-refractivity contribution in [3.63, 3.8) is 0 Å². The number of hydrogen-bond donors (Lipinski definition) is 1. The van der Waals surface area contributed by atoms with Gasteiger partial charge in [-0.3, -0.25) is 9.69 Å². The van der Waals surface area contributed by atoms with Crippen LogP contribution in [0.1, 0.15) is 30.9 Å². The molecular weight excluding hydrogens is 254 g/mol. The zero-order valence-corrected chi connectivity index (χ0v) is 11.2. The topological polar surface area (TPSA) is 73.2 Å².